The summed E-state index contributed by atoms with van der Waals surface area (Å²) in [6, 6.07) is 29.8. The maximum absolute atomic E-state index is 13.8. The summed E-state index contributed by atoms with van der Waals surface area (Å²) in [4.78, 5) is 27.5. The Morgan fingerprint density at radius 3 is 1.61 bits per heavy atom. The molecular weight excluding hydrogens is 408 g/mol. The second kappa shape index (κ2) is 8.82. The van der Waals surface area contributed by atoms with E-state index >= 15 is 0 Å². The van der Waals surface area contributed by atoms with E-state index in [2.05, 4.69) is 0 Å². The van der Waals surface area contributed by atoms with Gasteiger partial charge in [0.1, 0.15) is 11.2 Å². The fourth-order valence-electron chi connectivity index (χ4n) is 5.28. The normalized spacial score (nSPS) is 19.8. The van der Waals surface area contributed by atoms with Crippen LogP contribution in [-0.4, -0.2) is 11.6 Å². The molecular formula is C30H28O3. The summed E-state index contributed by atoms with van der Waals surface area (Å²) >= 11 is 0. The Labute approximate surface area is 195 Å². The third kappa shape index (κ3) is 3.82. The first-order valence-corrected chi connectivity index (χ1v) is 11.8. The molecule has 0 aromatic heterocycles. The molecule has 2 aliphatic rings. The lowest BCUT2D eigenvalue weighted by Gasteiger charge is -2.46. The Bertz CT molecular complexity index is 1110. The summed E-state index contributed by atoms with van der Waals surface area (Å²) in [7, 11) is 0. The van der Waals surface area contributed by atoms with Gasteiger partial charge in [-0.1, -0.05) is 97.4 Å². The molecule has 33 heavy (non-hydrogen) atoms. The van der Waals surface area contributed by atoms with Crippen molar-refractivity contribution in [1.82, 2.24) is 0 Å². The average molecular weight is 437 g/mol. The van der Waals surface area contributed by atoms with Crippen LogP contribution in [0, 0.1) is 5.41 Å². The van der Waals surface area contributed by atoms with Gasteiger partial charge in [-0.3, -0.25) is 9.59 Å². The predicted octanol–water partition coefficient (Wildman–Crippen LogP) is 6.48. The van der Waals surface area contributed by atoms with Crippen molar-refractivity contribution in [3.63, 3.8) is 0 Å². The lowest BCUT2D eigenvalue weighted by atomic mass is 9.63. The summed E-state index contributed by atoms with van der Waals surface area (Å²) in [5, 5.41) is 0. The minimum absolute atomic E-state index is 0.0140. The minimum atomic E-state index is -1.20. The van der Waals surface area contributed by atoms with Gasteiger partial charge in [0.05, 0.1) is 0 Å². The van der Waals surface area contributed by atoms with E-state index in [4.69, 9.17) is 4.74 Å². The van der Waals surface area contributed by atoms with E-state index in [9.17, 15) is 9.59 Å². The van der Waals surface area contributed by atoms with Crippen molar-refractivity contribution < 1.29 is 14.3 Å². The van der Waals surface area contributed by atoms with E-state index in [0.29, 0.717) is 18.6 Å². The number of hydrogen-bond acceptors (Lipinski definition) is 3. The van der Waals surface area contributed by atoms with Gasteiger partial charge in [-0.2, -0.15) is 0 Å². The second-order valence-electron chi connectivity index (χ2n) is 9.09. The van der Waals surface area contributed by atoms with Crippen LogP contribution in [-0.2, 0) is 19.9 Å². The summed E-state index contributed by atoms with van der Waals surface area (Å²) < 4.78 is 6.89. The molecule has 0 saturated heterocycles. The van der Waals surface area contributed by atoms with Crippen LogP contribution in [0.4, 0.5) is 0 Å². The van der Waals surface area contributed by atoms with E-state index in [-0.39, 0.29) is 18.0 Å². The molecule has 3 heteroatoms. The summed E-state index contributed by atoms with van der Waals surface area (Å²) in [6.07, 6.45) is 5.53. The summed E-state index contributed by atoms with van der Waals surface area (Å²) in [6.45, 7) is 0. The van der Waals surface area contributed by atoms with Crippen LogP contribution in [0.15, 0.2) is 97.1 Å². The minimum Gasteiger partial charge on any atom is -0.477 e. The topological polar surface area (TPSA) is 43.4 Å². The molecule has 1 aliphatic carbocycles. The zero-order valence-corrected chi connectivity index (χ0v) is 18.7. The lowest BCUT2D eigenvalue weighted by molar-refractivity contribution is -0.143. The van der Waals surface area contributed by atoms with Crippen molar-refractivity contribution in [2.24, 2.45) is 5.41 Å². The van der Waals surface area contributed by atoms with Crippen molar-refractivity contribution in [3.8, 4) is 0 Å². The molecule has 0 bridgehead atoms. The van der Waals surface area contributed by atoms with Gasteiger partial charge in [-0.05, 0) is 30.0 Å². The Morgan fingerprint density at radius 2 is 1.09 bits per heavy atom. The molecule has 3 aromatic carbocycles. The van der Waals surface area contributed by atoms with Crippen LogP contribution < -0.4 is 0 Å². The van der Waals surface area contributed by atoms with Gasteiger partial charge >= 0.3 is 0 Å². The van der Waals surface area contributed by atoms with E-state index in [0.717, 1.165) is 36.0 Å². The lowest BCUT2D eigenvalue weighted by Crippen LogP contribution is -2.49. The Hall–Kier alpha value is -3.46. The van der Waals surface area contributed by atoms with Crippen molar-refractivity contribution in [2.75, 3.05) is 0 Å². The van der Waals surface area contributed by atoms with Crippen LogP contribution in [0.5, 0.6) is 0 Å². The average Bonchev–Trinajstić information content (AvgIpc) is 2.88. The molecule has 1 heterocycles. The molecule has 0 N–H and O–H groups in total. The number of allylic oxidation sites excluding steroid dienone is 1. The highest BCUT2D eigenvalue weighted by Crippen LogP contribution is 2.53. The first-order valence-electron chi connectivity index (χ1n) is 11.8. The number of rotatable bonds is 3. The Morgan fingerprint density at radius 1 is 0.606 bits per heavy atom. The molecule has 0 amide bonds. The van der Waals surface area contributed by atoms with Crippen LogP contribution in [0.3, 0.4) is 0 Å². The van der Waals surface area contributed by atoms with E-state index in [1.807, 2.05) is 97.1 Å². The van der Waals surface area contributed by atoms with E-state index < -0.39 is 11.0 Å². The summed E-state index contributed by atoms with van der Waals surface area (Å²) in [5.41, 5.74) is 0.609. The Kier molecular flexibility index (Phi) is 5.72. The van der Waals surface area contributed by atoms with Gasteiger partial charge < -0.3 is 4.74 Å². The maximum atomic E-state index is 13.8. The first-order chi connectivity index (χ1) is 16.1. The molecule has 0 radical (unpaired) electrons. The molecule has 1 spiro atoms. The third-order valence-electron chi connectivity index (χ3n) is 7.03. The van der Waals surface area contributed by atoms with Gasteiger partial charge in [0.25, 0.3) is 0 Å². The Balaban J connectivity index is 1.78. The molecule has 1 aliphatic heterocycles. The number of carbonyl (C=O) groups is 2. The van der Waals surface area contributed by atoms with Crippen LogP contribution >= 0.6 is 0 Å². The highest BCUT2D eigenvalue weighted by atomic mass is 16.5. The molecule has 166 valence electrons. The molecule has 0 atom stereocenters. The van der Waals surface area contributed by atoms with Gasteiger partial charge in [-0.25, -0.2) is 0 Å². The molecule has 0 unspecified atom stereocenters. The monoisotopic (exact) mass is 436 g/mol. The fourth-order valence-corrected chi connectivity index (χ4v) is 5.28. The zero-order chi connectivity index (χ0) is 22.7. The maximum Gasteiger partial charge on any atom is 0.161 e. The standard InChI is InChI=1S/C30H28O3/c31-27-19-11-4-12-20-28(32)29(27)21-26(23-13-5-1-6-14-23)33-30(22-29,24-15-7-2-8-16-24)25-17-9-3-10-18-25/h1-3,5-10,13-18,21H,4,11-12,19-20,22H2. The molecule has 1 fully saturated rings. The number of ketones is 2. The molecule has 1 saturated carbocycles. The summed E-state index contributed by atoms with van der Waals surface area (Å²) in [5.74, 6) is 0.622. The zero-order valence-electron chi connectivity index (χ0n) is 18.7. The number of ether oxygens (including phenoxy) is 1. The van der Waals surface area contributed by atoms with Crippen LogP contribution in [0.1, 0.15) is 55.2 Å². The van der Waals surface area contributed by atoms with Crippen molar-refractivity contribution in [2.45, 2.75) is 44.1 Å². The number of carbonyl (C=O) groups excluding carboxylic acids is 2. The van der Waals surface area contributed by atoms with Gasteiger partial charge in [-0.15, -0.1) is 0 Å². The molecule has 5 rings (SSSR count). The third-order valence-corrected chi connectivity index (χ3v) is 7.03. The van der Waals surface area contributed by atoms with E-state index in [1.54, 1.807) is 0 Å². The predicted molar refractivity (Wildman–Crippen MR) is 129 cm³/mol. The molecule has 3 aromatic rings. The smallest absolute Gasteiger partial charge is 0.161 e. The quantitative estimate of drug-likeness (QED) is 0.441. The highest BCUT2D eigenvalue weighted by molar-refractivity contribution is 6.10. The highest BCUT2D eigenvalue weighted by Gasteiger charge is 2.55. The molecule has 3 nitrogen and oxygen atoms in total. The van der Waals surface area contributed by atoms with Gasteiger partial charge in [0.2, 0.25) is 0 Å². The van der Waals surface area contributed by atoms with E-state index in [1.165, 1.54) is 0 Å². The van der Waals surface area contributed by atoms with Crippen molar-refractivity contribution in [1.29, 1.82) is 0 Å². The van der Waals surface area contributed by atoms with Crippen molar-refractivity contribution >= 4 is 17.3 Å². The van der Waals surface area contributed by atoms with Crippen LogP contribution in [0.2, 0.25) is 0 Å². The second-order valence-corrected chi connectivity index (χ2v) is 9.09. The largest absolute Gasteiger partial charge is 0.477 e. The number of benzene rings is 3. The number of hydrogen-bond donors (Lipinski definition) is 0. The fraction of sp³-hybridized carbons (Fsp3) is 0.267. The van der Waals surface area contributed by atoms with Gasteiger partial charge in [0.15, 0.2) is 17.2 Å². The number of Topliss-reactive ketones (excluding diaryl/α,β-unsaturated/α-hetero) is 2. The van der Waals surface area contributed by atoms with Crippen molar-refractivity contribution in [3.05, 3.63) is 114 Å². The van der Waals surface area contributed by atoms with Crippen LogP contribution in [0.25, 0.3) is 5.76 Å². The van der Waals surface area contributed by atoms with Gasteiger partial charge in [0, 0.05) is 24.8 Å². The first kappa shape index (κ1) is 21.4. The SMILES string of the molecule is O=C1CCCCCC(=O)C12C=C(c1ccccc1)OC(c1ccccc1)(c1ccccc1)C2.